The Hall–Kier alpha value is -1.04. The van der Waals surface area contributed by atoms with Gasteiger partial charge in [-0.2, -0.15) is 0 Å². The Morgan fingerprint density at radius 2 is 1.73 bits per heavy atom. The number of Topliss-reactive ketones (excluding diaryl/α,β-unsaturated/α-hetero) is 1. The lowest BCUT2D eigenvalue weighted by Gasteiger charge is -2.47. The van der Waals surface area contributed by atoms with E-state index in [0.29, 0.717) is 30.8 Å². The smallest absolute Gasteiger partial charge is 0.192 e. The van der Waals surface area contributed by atoms with Gasteiger partial charge in [0, 0.05) is 12.0 Å². The molecule has 1 fully saturated rings. The van der Waals surface area contributed by atoms with E-state index in [9.17, 15) is 14.7 Å². The van der Waals surface area contributed by atoms with Crippen molar-refractivity contribution in [3.63, 3.8) is 0 Å². The predicted molar refractivity (Wildman–Crippen MR) is 121 cm³/mol. The van der Waals surface area contributed by atoms with Gasteiger partial charge in [-0.1, -0.05) is 33.3 Å². The second-order valence-corrected chi connectivity index (χ2v) is 16.6. The molecule has 166 valence electrons. The van der Waals surface area contributed by atoms with Gasteiger partial charge < -0.3 is 9.53 Å². The molecule has 0 saturated heterocycles. The average Bonchev–Trinajstić information content (AvgIpc) is 2.91. The van der Waals surface area contributed by atoms with Crippen LogP contribution in [-0.2, 0) is 14.0 Å². The molecule has 1 saturated carbocycles. The lowest BCUT2D eigenvalue weighted by atomic mass is 9.65. The lowest BCUT2D eigenvalue weighted by Crippen LogP contribution is -2.48. The molecule has 4 atom stereocenters. The van der Waals surface area contributed by atoms with Gasteiger partial charge in [-0.25, -0.2) is 0 Å². The van der Waals surface area contributed by atoms with Crippen LogP contribution in [0.2, 0.25) is 18.1 Å². The molecule has 0 unspecified atom stereocenters. The molecular weight excluding hydrogens is 392 g/mol. The summed E-state index contributed by atoms with van der Waals surface area (Å²) in [5.74, 6) is 0.255. The second kappa shape index (κ2) is 6.98. The summed E-state index contributed by atoms with van der Waals surface area (Å²) in [5, 5.41) is 11.4. The number of fused-ring (bicyclic) bond motifs is 3. The number of carbonyl (C=O) groups excluding carboxylic acids is 2. The molecule has 0 amide bonds. The van der Waals surface area contributed by atoms with Crippen LogP contribution < -0.4 is 0 Å². The first-order valence-electron chi connectivity index (χ1n) is 11.7. The maximum absolute atomic E-state index is 13.4. The number of hydrogen-bond acceptors (Lipinski definition) is 4. The van der Waals surface area contributed by atoms with Crippen molar-refractivity contribution >= 4 is 19.9 Å². The topological polar surface area (TPSA) is 63.6 Å². The van der Waals surface area contributed by atoms with Crippen LogP contribution in [0.5, 0.6) is 0 Å². The van der Waals surface area contributed by atoms with Gasteiger partial charge in [0.25, 0.3) is 0 Å². The van der Waals surface area contributed by atoms with E-state index in [2.05, 4.69) is 40.8 Å². The third-order valence-electron chi connectivity index (χ3n) is 9.13. The highest BCUT2D eigenvalue weighted by atomic mass is 28.4. The molecule has 30 heavy (non-hydrogen) atoms. The van der Waals surface area contributed by atoms with Crippen molar-refractivity contribution in [2.24, 2.45) is 11.3 Å². The molecule has 0 aliphatic heterocycles. The molecule has 0 spiro atoms. The van der Waals surface area contributed by atoms with Crippen LogP contribution in [0.1, 0.15) is 79.1 Å². The van der Waals surface area contributed by atoms with E-state index in [-0.39, 0.29) is 28.1 Å². The lowest BCUT2D eigenvalue weighted by molar-refractivity contribution is -0.120. The Kier molecular flexibility index (Phi) is 5.15. The van der Waals surface area contributed by atoms with Crippen LogP contribution in [0.4, 0.5) is 0 Å². The van der Waals surface area contributed by atoms with Crippen molar-refractivity contribution in [1.29, 1.82) is 0 Å². The zero-order chi connectivity index (χ0) is 22.1. The van der Waals surface area contributed by atoms with E-state index in [1.54, 1.807) is 0 Å². The molecule has 4 nitrogen and oxygen atoms in total. The minimum absolute atomic E-state index is 0.0311. The highest BCUT2D eigenvalue weighted by molar-refractivity contribution is 6.74. The Balaban J connectivity index is 1.66. The quantitative estimate of drug-likeness (QED) is 0.606. The molecule has 4 aliphatic carbocycles. The van der Waals surface area contributed by atoms with Crippen LogP contribution in [0.15, 0.2) is 22.8 Å². The summed E-state index contributed by atoms with van der Waals surface area (Å²) in [6, 6.07) is 0. The predicted octanol–water partition coefficient (Wildman–Crippen LogP) is 5.27. The minimum atomic E-state index is -1.87. The number of allylic oxidation sites excluding steroid dienone is 3. The summed E-state index contributed by atoms with van der Waals surface area (Å²) < 4.78 is 6.93. The van der Waals surface area contributed by atoms with Gasteiger partial charge in [0.1, 0.15) is 0 Å². The number of hydrogen-bond donors (Lipinski definition) is 1. The summed E-state index contributed by atoms with van der Waals surface area (Å²) >= 11 is 0. The second-order valence-electron chi connectivity index (χ2n) is 11.9. The van der Waals surface area contributed by atoms with Gasteiger partial charge in [-0.3, -0.25) is 9.59 Å². The Labute approximate surface area is 182 Å². The Morgan fingerprint density at radius 3 is 2.40 bits per heavy atom. The van der Waals surface area contributed by atoms with E-state index in [1.807, 2.05) is 0 Å². The van der Waals surface area contributed by atoms with Crippen molar-refractivity contribution < 1.29 is 19.1 Å². The molecule has 0 aromatic carbocycles. The summed E-state index contributed by atoms with van der Waals surface area (Å²) in [6.45, 7) is 13.9. The van der Waals surface area contributed by atoms with Gasteiger partial charge >= 0.3 is 0 Å². The van der Waals surface area contributed by atoms with Crippen LogP contribution in [0, 0.1) is 11.3 Å². The Bertz CT molecular complexity index is 846. The fourth-order valence-electron chi connectivity index (χ4n) is 6.06. The monoisotopic (exact) mass is 430 g/mol. The highest BCUT2D eigenvalue weighted by Gasteiger charge is 2.55. The van der Waals surface area contributed by atoms with E-state index in [1.165, 1.54) is 11.6 Å². The number of carbonyl (C=O) groups is 2. The van der Waals surface area contributed by atoms with Gasteiger partial charge in [0.2, 0.25) is 0 Å². The molecule has 4 aliphatic rings. The molecule has 0 radical (unpaired) electrons. The highest BCUT2D eigenvalue weighted by Crippen LogP contribution is 2.59. The SMILES string of the molecule is CC(C)(C)[Si](C)(C)O[C@H]1CC[C@H]2C3=C(CC[C@]12C)C(=O)C1=CC(=O)CC[C@@]1(O)CC3. The fourth-order valence-corrected chi connectivity index (χ4v) is 7.51. The standard InChI is InChI=1S/C25H38O4Si/c1-23(2,3)30(5,6)29-21-8-7-19-17-11-14-25(28)13-9-16(26)15-20(25)22(27)18(17)10-12-24(19,21)4/h15,19,21,28H,7-14H2,1-6H3/t19-,21-,24-,25+/m0/s1. The first-order chi connectivity index (χ1) is 13.8. The molecular formula is C25H38O4Si. The minimum Gasteiger partial charge on any atom is -0.413 e. The van der Waals surface area contributed by atoms with Gasteiger partial charge in [-0.15, -0.1) is 0 Å². The summed E-state index contributed by atoms with van der Waals surface area (Å²) in [4.78, 5) is 25.4. The first-order valence-corrected chi connectivity index (χ1v) is 14.6. The zero-order valence-corrected chi connectivity index (χ0v) is 20.6. The van der Waals surface area contributed by atoms with Crippen LogP contribution >= 0.6 is 0 Å². The van der Waals surface area contributed by atoms with Gasteiger partial charge in [0.05, 0.1) is 11.7 Å². The van der Waals surface area contributed by atoms with E-state index < -0.39 is 13.9 Å². The summed E-state index contributed by atoms with van der Waals surface area (Å²) in [5.41, 5.74) is 1.43. The molecule has 4 rings (SSSR count). The molecule has 0 heterocycles. The molecule has 0 aromatic rings. The van der Waals surface area contributed by atoms with Crippen molar-refractivity contribution in [2.75, 3.05) is 0 Å². The fraction of sp³-hybridized carbons (Fsp3) is 0.760. The number of ketones is 2. The van der Waals surface area contributed by atoms with Crippen molar-refractivity contribution in [3.05, 3.63) is 22.8 Å². The Morgan fingerprint density at radius 1 is 1.07 bits per heavy atom. The number of aliphatic hydroxyl groups is 1. The molecule has 0 bridgehead atoms. The van der Waals surface area contributed by atoms with Crippen LogP contribution in [0.3, 0.4) is 0 Å². The molecule has 0 aromatic heterocycles. The van der Waals surface area contributed by atoms with Crippen molar-refractivity contribution in [2.45, 2.75) is 109 Å². The van der Waals surface area contributed by atoms with E-state index in [4.69, 9.17) is 4.43 Å². The first kappa shape index (κ1) is 22.2. The van der Waals surface area contributed by atoms with E-state index in [0.717, 1.165) is 37.7 Å². The molecule has 1 N–H and O–H groups in total. The maximum Gasteiger partial charge on any atom is 0.192 e. The molecule has 5 heteroatoms. The van der Waals surface area contributed by atoms with Crippen LogP contribution in [-0.4, -0.2) is 36.7 Å². The van der Waals surface area contributed by atoms with E-state index >= 15 is 0 Å². The zero-order valence-electron chi connectivity index (χ0n) is 19.6. The number of rotatable bonds is 2. The third-order valence-corrected chi connectivity index (χ3v) is 13.6. The van der Waals surface area contributed by atoms with Gasteiger partial charge in [0.15, 0.2) is 19.9 Å². The summed E-state index contributed by atoms with van der Waals surface area (Å²) in [6.07, 6.45) is 7.48. The largest absolute Gasteiger partial charge is 0.413 e. The van der Waals surface area contributed by atoms with Gasteiger partial charge in [-0.05, 0) is 86.1 Å². The summed E-state index contributed by atoms with van der Waals surface area (Å²) in [7, 11) is -1.87. The van der Waals surface area contributed by atoms with Crippen molar-refractivity contribution in [1.82, 2.24) is 0 Å². The average molecular weight is 431 g/mol. The maximum atomic E-state index is 13.4. The normalized spacial score (nSPS) is 37.4. The van der Waals surface area contributed by atoms with Crippen molar-refractivity contribution in [3.8, 4) is 0 Å². The van der Waals surface area contributed by atoms with Crippen LogP contribution in [0.25, 0.3) is 0 Å². The third kappa shape index (κ3) is 3.32.